The second-order valence-corrected chi connectivity index (χ2v) is 8.05. The van der Waals surface area contributed by atoms with Gasteiger partial charge in [0.1, 0.15) is 11.3 Å². The molecular formula is C21H20FN5OS. The minimum Gasteiger partial charge on any atom is -0.278 e. The van der Waals surface area contributed by atoms with E-state index in [9.17, 15) is 9.18 Å². The largest absolute Gasteiger partial charge is 0.280 e. The normalized spacial score (nSPS) is 11.3. The molecule has 3 heterocycles. The Labute approximate surface area is 171 Å². The molecule has 0 unspecified atom stereocenters. The van der Waals surface area contributed by atoms with Crippen LogP contribution < -0.4 is 4.90 Å². The number of carbonyl (C=O) groups excluding carboxylic acids is 1. The first-order valence-electron chi connectivity index (χ1n) is 9.26. The number of pyridine rings is 1. The molecule has 29 heavy (non-hydrogen) atoms. The zero-order valence-corrected chi connectivity index (χ0v) is 17.2. The van der Waals surface area contributed by atoms with Gasteiger partial charge >= 0.3 is 0 Å². The average Bonchev–Trinajstić information content (AvgIpc) is 3.31. The number of anilines is 1. The van der Waals surface area contributed by atoms with Crippen LogP contribution in [0.2, 0.25) is 0 Å². The molecule has 6 nitrogen and oxygen atoms in total. The highest BCUT2D eigenvalue weighted by Crippen LogP contribution is 2.32. The second-order valence-electron chi connectivity index (χ2n) is 7.04. The number of carbonyl (C=O) groups is 1. The molecule has 0 saturated heterocycles. The lowest BCUT2D eigenvalue weighted by Gasteiger charge is -2.18. The van der Waals surface area contributed by atoms with E-state index in [1.54, 1.807) is 30.6 Å². The van der Waals surface area contributed by atoms with Crippen LogP contribution in [0.4, 0.5) is 9.52 Å². The zero-order chi connectivity index (χ0) is 20.5. The molecule has 0 bridgehead atoms. The number of benzene rings is 1. The van der Waals surface area contributed by atoms with Crippen LogP contribution in [0.3, 0.4) is 0 Å². The van der Waals surface area contributed by atoms with E-state index in [4.69, 9.17) is 0 Å². The number of hydrogen-bond donors (Lipinski definition) is 0. The molecule has 1 aromatic carbocycles. The van der Waals surface area contributed by atoms with Crippen molar-refractivity contribution in [1.82, 2.24) is 19.7 Å². The number of fused-ring (bicyclic) bond motifs is 1. The van der Waals surface area contributed by atoms with Gasteiger partial charge in [-0.2, -0.15) is 5.10 Å². The third-order valence-corrected chi connectivity index (χ3v) is 5.57. The summed E-state index contributed by atoms with van der Waals surface area (Å²) < 4.78 is 16.7. The minimum absolute atomic E-state index is 0.139. The number of para-hydroxylation sites is 1. The van der Waals surface area contributed by atoms with Gasteiger partial charge in [-0.15, -0.1) is 0 Å². The van der Waals surface area contributed by atoms with Crippen LogP contribution in [0.25, 0.3) is 10.2 Å². The Morgan fingerprint density at radius 2 is 2.10 bits per heavy atom. The molecule has 0 aliphatic heterocycles. The molecule has 0 radical (unpaired) electrons. The van der Waals surface area contributed by atoms with E-state index in [0.29, 0.717) is 15.5 Å². The van der Waals surface area contributed by atoms with Gasteiger partial charge in [0.2, 0.25) is 0 Å². The van der Waals surface area contributed by atoms with Gasteiger partial charge in [0.15, 0.2) is 10.8 Å². The summed E-state index contributed by atoms with van der Waals surface area (Å²) in [7, 11) is 0. The highest BCUT2D eigenvalue weighted by atomic mass is 32.1. The Morgan fingerprint density at radius 3 is 2.76 bits per heavy atom. The summed E-state index contributed by atoms with van der Waals surface area (Å²) in [4.78, 5) is 23.5. The van der Waals surface area contributed by atoms with Gasteiger partial charge in [0.05, 0.1) is 11.2 Å². The van der Waals surface area contributed by atoms with Crippen LogP contribution in [0.5, 0.6) is 0 Å². The first kappa shape index (κ1) is 19.2. The Bertz CT molecular complexity index is 1170. The summed E-state index contributed by atoms with van der Waals surface area (Å²) in [5.41, 5.74) is 2.35. The van der Waals surface area contributed by atoms with Crippen molar-refractivity contribution in [2.45, 2.75) is 33.4 Å². The summed E-state index contributed by atoms with van der Waals surface area (Å²) >= 11 is 1.28. The Kier molecular flexibility index (Phi) is 5.10. The van der Waals surface area contributed by atoms with Crippen molar-refractivity contribution in [2.24, 2.45) is 0 Å². The Balaban J connectivity index is 1.78. The van der Waals surface area contributed by atoms with Gasteiger partial charge < -0.3 is 0 Å². The van der Waals surface area contributed by atoms with E-state index < -0.39 is 5.82 Å². The predicted molar refractivity (Wildman–Crippen MR) is 112 cm³/mol. The molecule has 0 spiro atoms. The highest BCUT2D eigenvalue weighted by molar-refractivity contribution is 7.22. The van der Waals surface area contributed by atoms with Gasteiger partial charge in [-0.3, -0.25) is 19.4 Å². The van der Waals surface area contributed by atoms with E-state index in [-0.39, 0.29) is 24.0 Å². The number of halogens is 1. The summed E-state index contributed by atoms with van der Waals surface area (Å²) in [6.07, 6.45) is 3.38. The number of thiazole rings is 1. The second kappa shape index (κ2) is 7.71. The molecule has 148 valence electrons. The molecule has 0 aliphatic carbocycles. The van der Waals surface area contributed by atoms with Crippen molar-refractivity contribution < 1.29 is 9.18 Å². The molecule has 0 fully saturated rings. The topological polar surface area (TPSA) is 63.9 Å². The van der Waals surface area contributed by atoms with E-state index in [0.717, 1.165) is 11.3 Å². The maximum atomic E-state index is 14.2. The zero-order valence-electron chi connectivity index (χ0n) is 16.3. The molecule has 4 rings (SSSR count). The third-order valence-electron chi connectivity index (χ3n) is 4.53. The lowest BCUT2D eigenvalue weighted by molar-refractivity contribution is 0.0979. The molecule has 4 aromatic rings. The van der Waals surface area contributed by atoms with Crippen LogP contribution in [0, 0.1) is 12.7 Å². The van der Waals surface area contributed by atoms with E-state index >= 15 is 0 Å². The smallest absolute Gasteiger partial charge is 0.278 e. The van der Waals surface area contributed by atoms with Crippen LogP contribution in [-0.4, -0.2) is 25.7 Å². The molecule has 0 aliphatic rings. The van der Waals surface area contributed by atoms with Crippen LogP contribution in [-0.2, 0) is 6.54 Å². The number of aromatic nitrogens is 4. The number of amides is 1. The fourth-order valence-corrected chi connectivity index (χ4v) is 4.15. The number of aryl methyl sites for hydroxylation is 1. The van der Waals surface area contributed by atoms with Gasteiger partial charge in [0, 0.05) is 24.1 Å². The number of hydrogen-bond acceptors (Lipinski definition) is 5. The first-order valence-corrected chi connectivity index (χ1v) is 10.1. The molecular weight excluding hydrogens is 389 g/mol. The van der Waals surface area contributed by atoms with Gasteiger partial charge in [-0.1, -0.05) is 23.5 Å². The monoisotopic (exact) mass is 409 g/mol. The average molecular weight is 409 g/mol. The van der Waals surface area contributed by atoms with Crippen molar-refractivity contribution in [3.63, 3.8) is 0 Å². The third kappa shape index (κ3) is 3.75. The summed E-state index contributed by atoms with van der Waals surface area (Å²) in [6, 6.07) is 10.4. The molecule has 0 atom stereocenters. The predicted octanol–water partition coefficient (Wildman–Crippen LogP) is 4.76. The SMILES string of the molecule is Cc1cc(C(=O)N(Cc2cccnc2)c2nc3c(F)cccc3s2)nn1C(C)C. The first-order chi connectivity index (χ1) is 13.9. The molecule has 0 N–H and O–H groups in total. The van der Waals surface area contributed by atoms with Crippen molar-refractivity contribution in [2.75, 3.05) is 4.90 Å². The van der Waals surface area contributed by atoms with Crippen molar-refractivity contribution in [1.29, 1.82) is 0 Å². The van der Waals surface area contributed by atoms with Crippen molar-refractivity contribution in [3.05, 3.63) is 71.6 Å². The fraction of sp³-hybridized carbons (Fsp3) is 0.238. The van der Waals surface area contributed by atoms with E-state index in [1.807, 2.05) is 37.6 Å². The van der Waals surface area contributed by atoms with Crippen LogP contribution in [0.1, 0.15) is 41.6 Å². The number of rotatable bonds is 5. The number of nitrogens with zero attached hydrogens (tertiary/aromatic N) is 5. The summed E-state index contributed by atoms with van der Waals surface area (Å²) in [6.45, 7) is 6.21. The maximum absolute atomic E-state index is 14.2. The molecule has 0 saturated carbocycles. The molecule has 3 aromatic heterocycles. The van der Waals surface area contributed by atoms with Crippen LogP contribution >= 0.6 is 11.3 Å². The lowest BCUT2D eigenvalue weighted by Crippen LogP contribution is -2.31. The van der Waals surface area contributed by atoms with Gasteiger partial charge in [0.25, 0.3) is 5.91 Å². The summed E-state index contributed by atoms with van der Waals surface area (Å²) in [5, 5.41) is 4.91. The highest BCUT2D eigenvalue weighted by Gasteiger charge is 2.25. The minimum atomic E-state index is -0.404. The van der Waals surface area contributed by atoms with Crippen molar-refractivity contribution in [3.8, 4) is 0 Å². The van der Waals surface area contributed by atoms with Crippen molar-refractivity contribution >= 4 is 32.6 Å². The summed E-state index contributed by atoms with van der Waals surface area (Å²) in [5.74, 6) is -0.686. The fourth-order valence-electron chi connectivity index (χ4n) is 3.17. The standard InChI is InChI=1S/C21H20FN5OS/c1-13(2)27-14(3)10-17(25-27)20(28)26(12-15-6-5-9-23-11-15)21-24-19-16(22)7-4-8-18(19)29-21/h4-11,13H,12H2,1-3H3. The van der Waals surface area contributed by atoms with E-state index in [1.165, 1.54) is 22.3 Å². The van der Waals surface area contributed by atoms with Gasteiger partial charge in [-0.25, -0.2) is 9.37 Å². The lowest BCUT2D eigenvalue weighted by atomic mass is 10.2. The van der Waals surface area contributed by atoms with Crippen LogP contribution in [0.15, 0.2) is 48.8 Å². The van der Waals surface area contributed by atoms with Gasteiger partial charge in [-0.05, 0) is 50.6 Å². The van der Waals surface area contributed by atoms with E-state index in [2.05, 4.69) is 15.1 Å². The Hall–Kier alpha value is -3.13. The quantitative estimate of drug-likeness (QED) is 0.477. The molecule has 1 amide bonds. The molecule has 8 heteroatoms. The Morgan fingerprint density at radius 1 is 1.28 bits per heavy atom. The maximum Gasteiger partial charge on any atom is 0.280 e.